The molecule has 7 nitrogen and oxygen atoms in total. The summed E-state index contributed by atoms with van der Waals surface area (Å²) in [6.07, 6.45) is 5.67. The van der Waals surface area contributed by atoms with E-state index in [0.717, 1.165) is 46.2 Å². The van der Waals surface area contributed by atoms with Crippen LogP contribution in [-0.2, 0) is 7.05 Å². The Morgan fingerprint density at radius 2 is 1.94 bits per heavy atom. The van der Waals surface area contributed by atoms with Gasteiger partial charge in [0.2, 0.25) is 5.95 Å². The molecule has 4 aromatic rings. The van der Waals surface area contributed by atoms with Crippen LogP contribution in [0.15, 0.2) is 41.5 Å². The van der Waals surface area contributed by atoms with Gasteiger partial charge in [-0.05, 0) is 30.7 Å². The van der Waals surface area contributed by atoms with Gasteiger partial charge in [0.15, 0.2) is 5.65 Å². The Morgan fingerprint density at radius 3 is 2.71 bits per heavy atom. The average molecular weight is 433 g/mol. The number of imidazole rings is 1. The molecule has 0 bridgehead atoms. The zero-order chi connectivity index (χ0) is 21.8. The minimum absolute atomic E-state index is 0.000725. The zero-order valence-corrected chi connectivity index (χ0v) is 19.5. The van der Waals surface area contributed by atoms with Crippen molar-refractivity contribution < 1.29 is 0 Å². The van der Waals surface area contributed by atoms with Crippen LogP contribution >= 0.6 is 0 Å². The molecule has 31 heavy (non-hydrogen) atoms. The summed E-state index contributed by atoms with van der Waals surface area (Å²) in [4.78, 5) is 26.8. The van der Waals surface area contributed by atoms with Crippen LogP contribution in [-0.4, -0.2) is 32.2 Å². The molecular formula is C23H28N6OSi-. The maximum atomic E-state index is 13.1. The second kappa shape index (κ2) is 7.30. The predicted molar refractivity (Wildman–Crippen MR) is 128 cm³/mol. The highest BCUT2D eigenvalue weighted by molar-refractivity contribution is 6.77. The lowest BCUT2D eigenvalue weighted by molar-refractivity contribution is 0.443. The number of anilines is 2. The van der Waals surface area contributed by atoms with Crippen molar-refractivity contribution in [2.24, 2.45) is 7.05 Å². The lowest BCUT2D eigenvalue weighted by Gasteiger charge is -2.41. The van der Waals surface area contributed by atoms with E-state index in [-0.39, 0.29) is 11.7 Å². The molecular weight excluding hydrogens is 404 g/mol. The molecule has 4 heterocycles. The van der Waals surface area contributed by atoms with E-state index in [2.05, 4.69) is 40.5 Å². The SMILES string of the molecule is Cc1cc2ncccc2cc1Nc1ncc2c(n1)n(C1CC[Si-](C)(C)CC1)c(=O)n2C. The second-order valence-electron chi connectivity index (χ2n) is 9.50. The highest BCUT2D eigenvalue weighted by atomic mass is 28.3. The molecule has 0 atom stereocenters. The second-order valence-corrected chi connectivity index (χ2v) is 14.8. The van der Waals surface area contributed by atoms with Crippen molar-refractivity contribution in [1.82, 2.24) is 24.1 Å². The van der Waals surface area contributed by atoms with Crippen molar-refractivity contribution in [3.63, 3.8) is 0 Å². The van der Waals surface area contributed by atoms with Gasteiger partial charge in [0.25, 0.3) is 0 Å². The van der Waals surface area contributed by atoms with Crippen LogP contribution in [0.2, 0.25) is 25.2 Å². The highest BCUT2D eigenvalue weighted by Crippen LogP contribution is 2.36. The van der Waals surface area contributed by atoms with Gasteiger partial charge < -0.3 is 5.32 Å². The number of benzene rings is 1. The molecule has 0 aliphatic carbocycles. The lowest BCUT2D eigenvalue weighted by atomic mass is 10.1. The number of fused-ring (bicyclic) bond motifs is 2. The fourth-order valence-corrected chi connectivity index (χ4v) is 7.13. The highest BCUT2D eigenvalue weighted by Gasteiger charge is 2.26. The molecule has 1 aliphatic heterocycles. The summed E-state index contributed by atoms with van der Waals surface area (Å²) in [6, 6.07) is 10.8. The van der Waals surface area contributed by atoms with Crippen molar-refractivity contribution in [2.75, 3.05) is 5.32 Å². The summed E-state index contributed by atoms with van der Waals surface area (Å²) in [5, 5.41) is 4.42. The van der Waals surface area contributed by atoms with Gasteiger partial charge in [-0.15, -0.1) is 8.07 Å². The number of aryl methyl sites for hydroxylation is 2. The maximum Gasteiger partial charge on any atom is 0.330 e. The molecule has 1 saturated heterocycles. The smallest absolute Gasteiger partial charge is 0.324 e. The molecule has 3 aromatic heterocycles. The van der Waals surface area contributed by atoms with E-state index in [9.17, 15) is 4.79 Å². The molecule has 1 aromatic carbocycles. The van der Waals surface area contributed by atoms with Crippen molar-refractivity contribution in [1.29, 1.82) is 0 Å². The van der Waals surface area contributed by atoms with Gasteiger partial charge >= 0.3 is 5.69 Å². The van der Waals surface area contributed by atoms with Crippen molar-refractivity contribution in [3.8, 4) is 0 Å². The number of nitrogens with zero attached hydrogens (tertiary/aromatic N) is 5. The summed E-state index contributed by atoms with van der Waals surface area (Å²) in [6.45, 7) is 6.93. The fourth-order valence-electron chi connectivity index (χ4n) is 4.65. The first-order valence-corrected chi connectivity index (χ1v) is 14.3. The fraction of sp³-hybridized carbons (Fsp3) is 0.391. The zero-order valence-electron chi connectivity index (χ0n) is 18.5. The van der Waals surface area contributed by atoms with Crippen LogP contribution < -0.4 is 11.0 Å². The standard InChI is InChI=1S/C23H28N6OSi/c1-15-12-19-16(6-5-9-24-19)13-18(15)26-22-25-14-20-21(27-22)29(23(30)28(20)2)17-7-10-31(3,4)11-8-17/h5-6,9,12-14,17H,7-8,10-11H2,1-4H3,(H,25,26,27)/q-1. The Morgan fingerprint density at radius 1 is 1.16 bits per heavy atom. The first kappa shape index (κ1) is 19.9. The molecule has 1 fully saturated rings. The van der Waals surface area contributed by atoms with Crippen LogP contribution in [0.5, 0.6) is 0 Å². The minimum atomic E-state index is -1.11. The third kappa shape index (κ3) is 3.54. The number of nitrogens with one attached hydrogen (secondary N) is 1. The molecule has 8 heteroatoms. The van der Waals surface area contributed by atoms with Crippen LogP contribution in [0.25, 0.3) is 22.1 Å². The van der Waals surface area contributed by atoms with Gasteiger partial charge in [0.1, 0.15) is 5.52 Å². The van der Waals surface area contributed by atoms with Crippen LogP contribution in [0, 0.1) is 6.92 Å². The van der Waals surface area contributed by atoms with E-state index >= 15 is 0 Å². The van der Waals surface area contributed by atoms with Crippen molar-refractivity contribution in [2.45, 2.75) is 51.0 Å². The first-order chi connectivity index (χ1) is 14.8. The Labute approximate surface area is 182 Å². The molecule has 0 unspecified atom stereocenters. The Balaban J connectivity index is 1.54. The summed E-state index contributed by atoms with van der Waals surface area (Å²) in [5.41, 5.74) is 4.46. The van der Waals surface area contributed by atoms with E-state index in [1.165, 1.54) is 12.1 Å². The first-order valence-electron chi connectivity index (χ1n) is 10.9. The topological polar surface area (TPSA) is 77.6 Å². The Kier molecular flexibility index (Phi) is 4.69. The van der Waals surface area contributed by atoms with E-state index in [1.54, 1.807) is 24.0 Å². The number of hydrogen-bond donors (Lipinski definition) is 1. The summed E-state index contributed by atoms with van der Waals surface area (Å²) < 4.78 is 3.58. The normalized spacial score (nSPS) is 16.8. The van der Waals surface area contributed by atoms with Gasteiger partial charge in [0.05, 0.1) is 11.7 Å². The summed E-state index contributed by atoms with van der Waals surface area (Å²) in [5.74, 6) is 0.503. The van der Waals surface area contributed by atoms with Crippen molar-refractivity contribution >= 4 is 41.8 Å². The Hall–Kier alpha value is -3.00. The van der Waals surface area contributed by atoms with E-state index < -0.39 is 8.07 Å². The molecule has 0 spiro atoms. The molecule has 0 saturated carbocycles. The van der Waals surface area contributed by atoms with E-state index in [1.807, 2.05) is 23.6 Å². The van der Waals surface area contributed by atoms with Gasteiger partial charge in [-0.1, -0.05) is 18.9 Å². The predicted octanol–water partition coefficient (Wildman–Crippen LogP) is 4.77. The Bertz CT molecular complexity index is 1350. The molecule has 0 amide bonds. The van der Waals surface area contributed by atoms with E-state index in [4.69, 9.17) is 4.98 Å². The maximum absolute atomic E-state index is 13.1. The number of rotatable bonds is 3. The average Bonchev–Trinajstić information content (AvgIpc) is 2.99. The van der Waals surface area contributed by atoms with Gasteiger partial charge in [-0.3, -0.25) is 14.1 Å². The molecule has 161 valence electrons. The van der Waals surface area contributed by atoms with E-state index in [0.29, 0.717) is 5.95 Å². The van der Waals surface area contributed by atoms with Gasteiger partial charge in [-0.25, -0.2) is 9.78 Å². The van der Waals surface area contributed by atoms with Gasteiger partial charge in [0, 0.05) is 30.4 Å². The van der Waals surface area contributed by atoms with Gasteiger partial charge in [-0.2, -0.15) is 30.2 Å². The lowest BCUT2D eigenvalue weighted by Crippen LogP contribution is -2.35. The molecule has 1 aliphatic rings. The van der Waals surface area contributed by atoms with Crippen LogP contribution in [0.4, 0.5) is 11.6 Å². The van der Waals surface area contributed by atoms with Crippen molar-refractivity contribution in [3.05, 3.63) is 52.7 Å². The van der Waals surface area contributed by atoms with Crippen LogP contribution in [0.3, 0.4) is 0 Å². The number of hydrogen-bond acceptors (Lipinski definition) is 5. The third-order valence-corrected chi connectivity index (χ3v) is 9.99. The molecule has 5 rings (SSSR count). The molecule has 0 radical (unpaired) electrons. The molecule has 1 N–H and O–H groups in total. The number of aromatic nitrogens is 5. The summed E-state index contributed by atoms with van der Waals surface area (Å²) in [7, 11) is 0.699. The van der Waals surface area contributed by atoms with Crippen LogP contribution in [0.1, 0.15) is 24.4 Å². The monoisotopic (exact) mass is 432 g/mol. The largest absolute Gasteiger partial charge is 0.330 e. The third-order valence-electron chi connectivity index (χ3n) is 6.70. The summed E-state index contributed by atoms with van der Waals surface area (Å²) >= 11 is 0. The minimum Gasteiger partial charge on any atom is -0.324 e. The quantitative estimate of drug-likeness (QED) is 0.472. The number of pyridine rings is 1.